The molecule has 1 atom stereocenters. The summed E-state index contributed by atoms with van der Waals surface area (Å²) >= 11 is 0. The molecule has 23 heavy (non-hydrogen) atoms. The smallest absolute Gasteiger partial charge is 0.255 e. The van der Waals surface area contributed by atoms with Crippen molar-refractivity contribution in [2.75, 3.05) is 6.54 Å². The molecule has 0 aromatic carbocycles. The highest BCUT2D eigenvalue weighted by Gasteiger charge is 2.27. The molecule has 118 valence electrons. The Labute approximate surface area is 132 Å². The van der Waals surface area contributed by atoms with Crippen LogP contribution in [-0.4, -0.2) is 32.3 Å². The summed E-state index contributed by atoms with van der Waals surface area (Å²) in [5.74, 6) is 0.458. The summed E-state index contributed by atoms with van der Waals surface area (Å²) in [6.45, 7) is 1.58. The fourth-order valence-corrected chi connectivity index (χ4v) is 2.17. The van der Waals surface area contributed by atoms with Gasteiger partial charge in [-0.15, -0.1) is 0 Å². The van der Waals surface area contributed by atoms with Crippen molar-refractivity contribution < 1.29 is 14.3 Å². The molecule has 0 aliphatic rings. The normalized spacial score (nSPS) is 13.5. The van der Waals surface area contributed by atoms with Crippen LogP contribution in [0.4, 0.5) is 0 Å². The van der Waals surface area contributed by atoms with Crippen molar-refractivity contribution in [1.82, 2.24) is 20.1 Å². The summed E-state index contributed by atoms with van der Waals surface area (Å²) in [5, 5.41) is 17.2. The van der Waals surface area contributed by atoms with Crippen molar-refractivity contribution in [3.8, 4) is 5.82 Å². The minimum atomic E-state index is -1.30. The van der Waals surface area contributed by atoms with Crippen molar-refractivity contribution in [3.05, 3.63) is 66.5 Å². The van der Waals surface area contributed by atoms with Gasteiger partial charge in [0.1, 0.15) is 11.4 Å². The number of hydrogen-bond acceptors (Lipinski definition) is 5. The lowest BCUT2D eigenvalue weighted by atomic mass is 10.0. The highest BCUT2D eigenvalue weighted by molar-refractivity contribution is 5.97. The van der Waals surface area contributed by atoms with E-state index in [0.717, 1.165) is 0 Å². The van der Waals surface area contributed by atoms with E-state index in [1.54, 1.807) is 55.8 Å². The first-order chi connectivity index (χ1) is 11.1. The molecule has 3 rings (SSSR count). The maximum absolute atomic E-state index is 12.4. The molecule has 2 N–H and O–H groups in total. The van der Waals surface area contributed by atoms with Crippen LogP contribution in [-0.2, 0) is 5.60 Å². The largest absolute Gasteiger partial charge is 0.466 e. The molecular weight excluding hydrogens is 296 g/mol. The summed E-state index contributed by atoms with van der Waals surface area (Å²) in [6.07, 6.45) is 6.38. The Kier molecular flexibility index (Phi) is 3.94. The minimum absolute atomic E-state index is 0.00673. The second-order valence-corrected chi connectivity index (χ2v) is 5.26. The number of amides is 1. The molecular formula is C16H16N4O3. The van der Waals surface area contributed by atoms with Gasteiger partial charge in [-0.25, -0.2) is 9.67 Å². The molecule has 0 spiro atoms. The Morgan fingerprint density at radius 1 is 1.35 bits per heavy atom. The maximum Gasteiger partial charge on any atom is 0.255 e. The lowest BCUT2D eigenvalue weighted by molar-refractivity contribution is 0.0330. The van der Waals surface area contributed by atoms with Gasteiger partial charge in [0, 0.05) is 18.6 Å². The lowest BCUT2D eigenvalue weighted by Gasteiger charge is -2.21. The van der Waals surface area contributed by atoms with Crippen LogP contribution >= 0.6 is 0 Å². The summed E-state index contributed by atoms with van der Waals surface area (Å²) in [6, 6.07) is 8.42. The molecule has 0 aliphatic carbocycles. The van der Waals surface area contributed by atoms with E-state index in [1.165, 1.54) is 10.9 Å². The Balaban J connectivity index is 1.77. The number of nitrogens with one attached hydrogen (secondary N) is 1. The molecule has 0 fully saturated rings. The van der Waals surface area contributed by atoms with Gasteiger partial charge in [0.15, 0.2) is 5.82 Å². The Morgan fingerprint density at radius 2 is 2.22 bits per heavy atom. The molecule has 0 aliphatic heterocycles. The van der Waals surface area contributed by atoms with Crippen LogP contribution in [0.5, 0.6) is 0 Å². The second kappa shape index (κ2) is 6.05. The van der Waals surface area contributed by atoms with Gasteiger partial charge in [-0.3, -0.25) is 4.79 Å². The predicted octanol–water partition coefficient (Wildman–Crippen LogP) is 1.50. The first-order valence-corrected chi connectivity index (χ1v) is 7.07. The van der Waals surface area contributed by atoms with Crippen molar-refractivity contribution in [2.45, 2.75) is 12.5 Å². The van der Waals surface area contributed by atoms with Crippen molar-refractivity contribution >= 4 is 5.91 Å². The van der Waals surface area contributed by atoms with E-state index in [-0.39, 0.29) is 12.5 Å². The lowest BCUT2D eigenvalue weighted by Crippen LogP contribution is -2.38. The van der Waals surface area contributed by atoms with E-state index in [1.807, 2.05) is 0 Å². The number of furan rings is 1. The molecule has 0 unspecified atom stereocenters. The van der Waals surface area contributed by atoms with Crippen LogP contribution in [0.15, 0.2) is 59.6 Å². The van der Waals surface area contributed by atoms with Crippen molar-refractivity contribution in [3.63, 3.8) is 0 Å². The number of nitrogens with zero attached hydrogens (tertiary/aromatic N) is 3. The van der Waals surface area contributed by atoms with E-state index < -0.39 is 5.60 Å². The van der Waals surface area contributed by atoms with Crippen LogP contribution < -0.4 is 5.32 Å². The van der Waals surface area contributed by atoms with Crippen LogP contribution in [0.25, 0.3) is 5.82 Å². The zero-order chi connectivity index (χ0) is 16.3. The first-order valence-electron chi connectivity index (χ1n) is 7.07. The summed E-state index contributed by atoms with van der Waals surface area (Å²) in [7, 11) is 0. The van der Waals surface area contributed by atoms with Crippen molar-refractivity contribution in [2.24, 2.45) is 0 Å². The fraction of sp³-hybridized carbons (Fsp3) is 0.188. The van der Waals surface area contributed by atoms with E-state index in [2.05, 4.69) is 15.4 Å². The number of carbonyl (C=O) groups excluding carboxylic acids is 1. The molecule has 3 aromatic rings. The minimum Gasteiger partial charge on any atom is -0.466 e. The fourth-order valence-electron chi connectivity index (χ4n) is 2.17. The topological polar surface area (TPSA) is 93.2 Å². The van der Waals surface area contributed by atoms with Gasteiger partial charge in [-0.1, -0.05) is 0 Å². The number of pyridine rings is 1. The molecule has 0 bridgehead atoms. The number of carbonyl (C=O) groups is 1. The average molecular weight is 312 g/mol. The van der Waals surface area contributed by atoms with E-state index >= 15 is 0 Å². The molecule has 3 heterocycles. The molecule has 1 amide bonds. The zero-order valence-electron chi connectivity index (χ0n) is 12.5. The number of aliphatic hydroxyl groups is 1. The van der Waals surface area contributed by atoms with E-state index in [4.69, 9.17) is 4.42 Å². The Hall–Kier alpha value is -2.93. The summed E-state index contributed by atoms with van der Waals surface area (Å²) < 4.78 is 6.70. The van der Waals surface area contributed by atoms with Crippen LogP contribution in [0.3, 0.4) is 0 Å². The van der Waals surface area contributed by atoms with Gasteiger partial charge in [0.05, 0.1) is 18.4 Å². The van der Waals surface area contributed by atoms with Gasteiger partial charge in [0.2, 0.25) is 0 Å². The quantitative estimate of drug-likeness (QED) is 0.744. The molecule has 3 aromatic heterocycles. The standard InChI is InChI=1S/C16H16N4O3/c1-16(22,13-6-3-10-23-13)11-18-15(21)12-5-2-7-17-14(12)20-9-4-8-19-20/h2-10,22H,11H2,1H3,(H,18,21)/t16-/m1/s1. The molecule has 0 radical (unpaired) electrons. The van der Waals surface area contributed by atoms with E-state index in [0.29, 0.717) is 17.1 Å². The maximum atomic E-state index is 12.4. The second-order valence-electron chi connectivity index (χ2n) is 5.26. The van der Waals surface area contributed by atoms with Crippen molar-refractivity contribution in [1.29, 1.82) is 0 Å². The highest BCUT2D eigenvalue weighted by atomic mass is 16.4. The van der Waals surface area contributed by atoms with Gasteiger partial charge in [0.25, 0.3) is 5.91 Å². The number of hydrogen-bond donors (Lipinski definition) is 2. The zero-order valence-corrected chi connectivity index (χ0v) is 12.5. The van der Waals surface area contributed by atoms with E-state index in [9.17, 15) is 9.90 Å². The third-order valence-electron chi connectivity index (χ3n) is 3.40. The van der Waals surface area contributed by atoms with Gasteiger partial charge >= 0.3 is 0 Å². The van der Waals surface area contributed by atoms with Gasteiger partial charge < -0.3 is 14.8 Å². The molecule has 7 heteroatoms. The average Bonchev–Trinajstić information content (AvgIpc) is 3.25. The molecule has 7 nitrogen and oxygen atoms in total. The van der Waals surface area contributed by atoms with Gasteiger partial charge in [-0.05, 0) is 37.3 Å². The Morgan fingerprint density at radius 3 is 2.91 bits per heavy atom. The first kappa shape index (κ1) is 15.0. The summed E-state index contributed by atoms with van der Waals surface area (Å²) in [5.41, 5.74) is -0.931. The third kappa shape index (κ3) is 3.14. The third-order valence-corrected chi connectivity index (χ3v) is 3.40. The van der Waals surface area contributed by atoms with Gasteiger partial charge in [-0.2, -0.15) is 5.10 Å². The predicted molar refractivity (Wildman–Crippen MR) is 82.0 cm³/mol. The van der Waals surface area contributed by atoms with Crippen LogP contribution in [0, 0.1) is 0 Å². The van der Waals surface area contributed by atoms with Crippen LogP contribution in [0.1, 0.15) is 23.0 Å². The monoisotopic (exact) mass is 312 g/mol. The highest BCUT2D eigenvalue weighted by Crippen LogP contribution is 2.20. The molecule has 0 saturated heterocycles. The summed E-state index contributed by atoms with van der Waals surface area (Å²) in [4.78, 5) is 16.6. The SMILES string of the molecule is C[C@@](O)(CNC(=O)c1cccnc1-n1cccn1)c1ccco1. The Bertz CT molecular complexity index is 780. The molecule has 0 saturated carbocycles. The number of rotatable bonds is 5. The van der Waals surface area contributed by atoms with Crippen LogP contribution in [0.2, 0.25) is 0 Å². The number of aromatic nitrogens is 3.